The molecule has 3 aliphatic rings. The Morgan fingerprint density at radius 2 is 1.36 bits per heavy atom. The normalized spacial score (nSPS) is 21.7. The number of anilines is 1. The minimum Gasteiger partial charge on any atom is -0.368 e. The maximum atomic E-state index is 4.65. The Hall–Kier alpha value is -2.22. The molecule has 2 nitrogen and oxygen atoms in total. The lowest BCUT2D eigenvalue weighted by atomic mass is 9.92. The zero-order valence-electron chi connectivity index (χ0n) is 20.3. The predicted octanol–water partition coefficient (Wildman–Crippen LogP) is 9.03. The van der Waals surface area contributed by atoms with Crippen LogP contribution in [-0.4, -0.2) is 17.2 Å². The summed E-state index contributed by atoms with van der Waals surface area (Å²) in [7, 11) is 0. The Kier molecular flexibility index (Phi) is 5.94. The lowest BCUT2D eigenvalue weighted by molar-refractivity contribution is 0.367. The Morgan fingerprint density at radius 1 is 0.667 bits per heavy atom. The van der Waals surface area contributed by atoms with Crippen molar-refractivity contribution in [3.05, 3.63) is 48.5 Å². The fourth-order valence-electron chi connectivity index (χ4n) is 7.11. The molecule has 6 rings (SSSR count). The molecule has 2 aromatic carbocycles. The summed E-state index contributed by atoms with van der Waals surface area (Å²) in [6.45, 7) is 5.85. The molecule has 1 aromatic heterocycles. The van der Waals surface area contributed by atoms with Crippen molar-refractivity contribution in [2.75, 3.05) is 11.4 Å². The third kappa shape index (κ3) is 3.90. The van der Waals surface area contributed by atoms with Gasteiger partial charge in [0, 0.05) is 46.2 Å². The van der Waals surface area contributed by atoms with Crippen LogP contribution in [0.2, 0.25) is 0 Å². The molecular formula is C31H40N2. The van der Waals surface area contributed by atoms with Gasteiger partial charge in [0.25, 0.3) is 0 Å². The summed E-state index contributed by atoms with van der Waals surface area (Å²) in [4.78, 5) is 2.82. The number of rotatable bonds is 2. The molecular weight excluding hydrogens is 400 g/mol. The molecule has 0 saturated heterocycles. The van der Waals surface area contributed by atoms with Gasteiger partial charge in [-0.05, 0) is 68.7 Å². The molecule has 2 fully saturated rings. The van der Waals surface area contributed by atoms with E-state index in [2.05, 4.69) is 52.4 Å². The zero-order chi connectivity index (χ0) is 22.2. The lowest BCUT2D eigenvalue weighted by Gasteiger charge is -2.37. The van der Waals surface area contributed by atoms with Crippen molar-refractivity contribution in [1.82, 2.24) is 4.57 Å². The molecule has 0 N–H and O–H groups in total. The van der Waals surface area contributed by atoms with Crippen LogP contribution in [0.4, 0.5) is 5.69 Å². The van der Waals surface area contributed by atoms with Gasteiger partial charge in [0.15, 0.2) is 0 Å². The van der Waals surface area contributed by atoms with Gasteiger partial charge < -0.3 is 9.47 Å². The van der Waals surface area contributed by atoms with Crippen molar-refractivity contribution < 1.29 is 0 Å². The molecule has 33 heavy (non-hydrogen) atoms. The summed E-state index contributed by atoms with van der Waals surface area (Å²) in [5.74, 6) is 0. The highest BCUT2D eigenvalue weighted by atomic mass is 15.2. The largest absolute Gasteiger partial charge is 0.368 e. The minimum absolute atomic E-state index is 0.637. The summed E-state index contributed by atoms with van der Waals surface area (Å²) in [5.41, 5.74) is 7.16. The number of para-hydroxylation sites is 1. The van der Waals surface area contributed by atoms with Crippen LogP contribution < -0.4 is 4.90 Å². The van der Waals surface area contributed by atoms with Gasteiger partial charge in [-0.2, -0.15) is 0 Å². The second-order valence-electron chi connectivity index (χ2n) is 11.0. The molecule has 2 heterocycles. The standard InChI is InChI=1S/C31H40N2/c1-23-13-5-4-12-20-32(24-14-6-2-7-15-24)30-22-28-26-18-10-11-19-29(26)33(31(28)21-27(23)30)25-16-8-3-9-17-25/h10-11,18-19,21-22,24-25H,1-9,12-17,20H2. The van der Waals surface area contributed by atoms with Crippen LogP contribution in [0, 0.1) is 0 Å². The number of nitrogens with zero attached hydrogens (tertiary/aromatic N) is 2. The third-order valence-corrected chi connectivity index (χ3v) is 8.85. The fraction of sp³-hybridized carbons (Fsp3) is 0.548. The molecule has 2 aliphatic carbocycles. The van der Waals surface area contributed by atoms with Gasteiger partial charge in [-0.15, -0.1) is 0 Å². The van der Waals surface area contributed by atoms with Crippen LogP contribution in [0.25, 0.3) is 27.4 Å². The molecule has 1 aliphatic heterocycles. The van der Waals surface area contributed by atoms with E-state index >= 15 is 0 Å². The average molecular weight is 441 g/mol. The zero-order valence-corrected chi connectivity index (χ0v) is 20.3. The highest BCUT2D eigenvalue weighted by molar-refractivity contribution is 6.10. The summed E-state index contributed by atoms with van der Waals surface area (Å²) in [5, 5.41) is 2.90. The Labute approximate surface area is 199 Å². The highest BCUT2D eigenvalue weighted by Crippen LogP contribution is 2.43. The van der Waals surface area contributed by atoms with Gasteiger partial charge in [0.05, 0.1) is 5.52 Å². The maximum Gasteiger partial charge on any atom is 0.0501 e. The van der Waals surface area contributed by atoms with Gasteiger partial charge in [-0.3, -0.25) is 0 Å². The number of benzene rings is 2. The third-order valence-electron chi connectivity index (χ3n) is 8.85. The van der Waals surface area contributed by atoms with Crippen molar-refractivity contribution in [3.8, 4) is 0 Å². The van der Waals surface area contributed by atoms with Gasteiger partial charge in [-0.1, -0.05) is 69.7 Å². The summed E-state index contributed by atoms with van der Waals surface area (Å²) < 4.78 is 2.72. The van der Waals surface area contributed by atoms with Crippen molar-refractivity contribution in [2.45, 2.75) is 102 Å². The number of hydrogen-bond acceptors (Lipinski definition) is 1. The van der Waals surface area contributed by atoms with E-state index in [0.717, 1.165) is 6.42 Å². The molecule has 0 bridgehead atoms. The first-order chi connectivity index (χ1) is 16.3. The van der Waals surface area contributed by atoms with Crippen LogP contribution in [0.1, 0.15) is 101 Å². The van der Waals surface area contributed by atoms with Gasteiger partial charge >= 0.3 is 0 Å². The second kappa shape index (κ2) is 9.20. The number of aromatic nitrogens is 1. The van der Waals surface area contributed by atoms with Crippen molar-refractivity contribution in [3.63, 3.8) is 0 Å². The summed E-state index contributed by atoms with van der Waals surface area (Å²) >= 11 is 0. The Balaban J connectivity index is 1.58. The van der Waals surface area contributed by atoms with Crippen molar-refractivity contribution in [2.24, 2.45) is 0 Å². The minimum atomic E-state index is 0.637. The molecule has 0 unspecified atom stereocenters. The molecule has 0 spiro atoms. The quantitative estimate of drug-likeness (QED) is 0.386. The van der Waals surface area contributed by atoms with E-state index in [-0.39, 0.29) is 0 Å². The molecule has 174 valence electrons. The first-order valence-electron chi connectivity index (χ1n) is 13.8. The Morgan fingerprint density at radius 3 is 2.15 bits per heavy atom. The van der Waals surface area contributed by atoms with Gasteiger partial charge in [0.2, 0.25) is 0 Å². The van der Waals surface area contributed by atoms with E-state index in [1.54, 1.807) is 0 Å². The lowest BCUT2D eigenvalue weighted by Crippen LogP contribution is -2.38. The molecule has 0 radical (unpaired) electrons. The van der Waals surface area contributed by atoms with E-state index in [4.69, 9.17) is 0 Å². The van der Waals surface area contributed by atoms with E-state index in [9.17, 15) is 0 Å². The van der Waals surface area contributed by atoms with Crippen molar-refractivity contribution >= 4 is 33.1 Å². The number of hydrogen-bond donors (Lipinski definition) is 0. The SMILES string of the molecule is C=C1CCCCCN(C2CCCCC2)c2cc3c4ccccc4n(C4CCCCC4)c3cc21. The van der Waals surface area contributed by atoms with E-state index in [0.29, 0.717) is 12.1 Å². The molecule has 2 saturated carbocycles. The molecule has 0 amide bonds. The summed E-state index contributed by atoms with van der Waals surface area (Å²) in [6, 6.07) is 15.7. The topological polar surface area (TPSA) is 8.17 Å². The summed E-state index contributed by atoms with van der Waals surface area (Å²) in [6.07, 6.45) is 18.7. The molecule has 2 heteroatoms. The van der Waals surface area contributed by atoms with Crippen LogP contribution in [0.3, 0.4) is 0 Å². The first kappa shape index (κ1) is 21.3. The van der Waals surface area contributed by atoms with E-state index in [1.807, 2.05) is 0 Å². The molecule has 0 atom stereocenters. The highest BCUT2D eigenvalue weighted by Gasteiger charge is 2.27. The van der Waals surface area contributed by atoms with Crippen molar-refractivity contribution in [1.29, 1.82) is 0 Å². The van der Waals surface area contributed by atoms with Crippen LogP contribution >= 0.6 is 0 Å². The number of allylic oxidation sites excluding steroid dienone is 1. The van der Waals surface area contributed by atoms with E-state index in [1.165, 1.54) is 129 Å². The number of fused-ring (bicyclic) bond motifs is 4. The van der Waals surface area contributed by atoms with Gasteiger partial charge in [0.1, 0.15) is 0 Å². The van der Waals surface area contributed by atoms with Crippen LogP contribution in [-0.2, 0) is 0 Å². The van der Waals surface area contributed by atoms with E-state index < -0.39 is 0 Å². The fourth-order valence-corrected chi connectivity index (χ4v) is 7.11. The average Bonchev–Trinajstić information content (AvgIpc) is 3.22. The molecule has 3 aromatic rings. The first-order valence-corrected chi connectivity index (χ1v) is 13.8. The Bertz CT molecular complexity index is 1140. The van der Waals surface area contributed by atoms with Crippen LogP contribution in [0.5, 0.6) is 0 Å². The maximum absolute atomic E-state index is 4.65. The van der Waals surface area contributed by atoms with Crippen LogP contribution in [0.15, 0.2) is 43.0 Å². The van der Waals surface area contributed by atoms with Gasteiger partial charge in [-0.25, -0.2) is 0 Å². The monoisotopic (exact) mass is 440 g/mol. The second-order valence-corrected chi connectivity index (χ2v) is 11.0. The smallest absolute Gasteiger partial charge is 0.0501 e. The predicted molar refractivity (Wildman–Crippen MR) is 143 cm³/mol.